The van der Waals surface area contributed by atoms with Gasteiger partial charge in [-0.25, -0.2) is 13.1 Å². The Labute approximate surface area is 120 Å². The van der Waals surface area contributed by atoms with Crippen LogP contribution in [0.1, 0.15) is 31.2 Å². The molecule has 0 saturated heterocycles. The van der Waals surface area contributed by atoms with Crippen LogP contribution in [-0.4, -0.2) is 26.2 Å². The summed E-state index contributed by atoms with van der Waals surface area (Å²) in [4.78, 5) is 0.280. The van der Waals surface area contributed by atoms with Gasteiger partial charge in [0.25, 0.3) is 0 Å². The molecule has 112 valence electrons. The van der Waals surface area contributed by atoms with E-state index in [1.54, 1.807) is 19.1 Å². The molecule has 6 heteroatoms. The molecule has 0 aromatic heterocycles. The largest absolute Gasteiger partial charge is 0.399 e. The Morgan fingerprint density at radius 2 is 1.95 bits per heavy atom. The Balaban J connectivity index is 2.00. The van der Waals surface area contributed by atoms with E-state index in [1.165, 1.54) is 6.07 Å². The molecule has 1 fully saturated rings. The van der Waals surface area contributed by atoms with Crippen molar-refractivity contribution in [2.45, 2.75) is 43.6 Å². The number of nitrogens with one attached hydrogen (secondary N) is 1. The average molecular weight is 298 g/mol. The highest BCUT2D eigenvalue weighted by molar-refractivity contribution is 7.89. The molecule has 1 aromatic rings. The van der Waals surface area contributed by atoms with Crippen LogP contribution in [-0.2, 0) is 10.0 Å². The third kappa shape index (κ3) is 3.71. The fourth-order valence-electron chi connectivity index (χ4n) is 2.63. The third-order valence-electron chi connectivity index (χ3n) is 3.87. The van der Waals surface area contributed by atoms with Crippen LogP contribution in [0.15, 0.2) is 23.1 Å². The van der Waals surface area contributed by atoms with Crippen molar-refractivity contribution in [2.24, 2.45) is 5.92 Å². The summed E-state index contributed by atoms with van der Waals surface area (Å²) in [5.74, 6) is 0.308. The van der Waals surface area contributed by atoms with E-state index < -0.39 is 10.0 Å². The van der Waals surface area contributed by atoms with E-state index in [0.29, 0.717) is 23.7 Å². The fourth-order valence-corrected chi connectivity index (χ4v) is 3.97. The molecule has 0 bridgehead atoms. The Morgan fingerprint density at radius 3 is 2.55 bits per heavy atom. The second-order valence-electron chi connectivity index (χ2n) is 5.55. The first-order chi connectivity index (χ1) is 9.38. The summed E-state index contributed by atoms with van der Waals surface area (Å²) in [6.07, 6.45) is 3.03. The standard InChI is InChI=1S/C14H22N2O3S/c1-10-8-12(15)4-7-14(10)20(18,19)16-9-11-2-5-13(17)6-3-11/h4,7-8,11,13,16-17H,2-3,5-6,9,15H2,1H3. The lowest BCUT2D eigenvalue weighted by Crippen LogP contribution is -2.32. The van der Waals surface area contributed by atoms with Gasteiger partial charge in [-0.15, -0.1) is 0 Å². The topological polar surface area (TPSA) is 92.4 Å². The molecule has 1 aliphatic carbocycles. The molecule has 4 N–H and O–H groups in total. The smallest absolute Gasteiger partial charge is 0.240 e. The first-order valence-corrected chi connectivity index (χ1v) is 8.40. The number of anilines is 1. The lowest BCUT2D eigenvalue weighted by Gasteiger charge is -2.25. The first-order valence-electron chi connectivity index (χ1n) is 6.92. The van der Waals surface area contributed by atoms with Crippen LogP contribution in [0.4, 0.5) is 5.69 Å². The molecule has 0 amide bonds. The molecular weight excluding hydrogens is 276 g/mol. The van der Waals surface area contributed by atoms with Gasteiger partial charge in [-0.05, 0) is 62.3 Å². The normalized spacial score (nSPS) is 23.7. The predicted molar refractivity (Wildman–Crippen MR) is 78.7 cm³/mol. The minimum Gasteiger partial charge on any atom is -0.399 e. The van der Waals surface area contributed by atoms with Crippen LogP contribution in [0.3, 0.4) is 0 Å². The highest BCUT2D eigenvalue weighted by atomic mass is 32.2. The van der Waals surface area contributed by atoms with Gasteiger partial charge >= 0.3 is 0 Å². The highest BCUT2D eigenvalue weighted by Crippen LogP contribution is 2.24. The van der Waals surface area contributed by atoms with E-state index in [0.717, 1.165) is 25.7 Å². The van der Waals surface area contributed by atoms with Crippen LogP contribution >= 0.6 is 0 Å². The van der Waals surface area contributed by atoms with Crippen molar-refractivity contribution < 1.29 is 13.5 Å². The number of aliphatic hydroxyl groups excluding tert-OH is 1. The van der Waals surface area contributed by atoms with E-state index in [9.17, 15) is 13.5 Å². The molecular formula is C14H22N2O3S. The van der Waals surface area contributed by atoms with Gasteiger partial charge in [-0.2, -0.15) is 0 Å². The van der Waals surface area contributed by atoms with Crippen LogP contribution in [0.2, 0.25) is 0 Å². The average Bonchev–Trinajstić information content (AvgIpc) is 2.37. The Hall–Kier alpha value is -1.11. The number of aryl methyl sites for hydroxylation is 1. The molecule has 0 heterocycles. The predicted octanol–water partition coefficient (Wildman–Crippen LogP) is 1.41. The maximum absolute atomic E-state index is 12.3. The molecule has 1 aromatic carbocycles. The molecule has 5 nitrogen and oxygen atoms in total. The maximum atomic E-state index is 12.3. The van der Waals surface area contributed by atoms with Crippen molar-refractivity contribution in [3.63, 3.8) is 0 Å². The van der Waals surface area contributed by atoms with E-state index in [-0.39, 0.29) is 11.0 Å². The zero-order chi connectivity index (χ0) is 14.8. The van der Waals surface area contributed by atoms with Crippen LogP contribution in [0.5, 0.6) is 0 Å². The zero-order valence-electron chi connectivity index (χ0n) is 11.7. The number of aliphatic hydroxyl groups is 1. The number of sulfonamides is 1. The first kappa shape index (κ1) is 15.3. The number of nitrogen functional groups attached to an aromatic ring is 1. The van der Waals surface area contributed by atoms with Gasteiger partial charge < -0.3 is 10.8 Å². The van der Waals surface area contributed by atoms with Gasteiger partial charge in [-0.3, -0.25) is 0 Å². The molecule has 0 atom stereocenters. The van der Waals surface area contributed by atoms with Crippen LogP contribution in [0.25, 0.3) is 0 Å². The molecule has 1 aliphatic rings. The minimum absolute atomic E-state index is 0.220. The summed E-state index contributed by atoms with van der Waals surface area (Å²) in [6.45, 7) is 2.17. The van der Waals surface area contributed by atoms with Gasteiger partial charge in [0.2, 0.25) is 10.0 Å². The van der Waals surface area contributed by atoms with Crippen LogP contribution < -0.4 is 10.5 Å². The molecule has 0 spiro atoms. The van der Waals surface area contributed by atoms with Gasteiger partial charge in [-0.1, -0.05) is 0 Å². The Morgan fingerprint density at radius 1 is 1.30 bits per heavy atom. The summed E-state index contributed by atoms with van der Waals surface area (Å²) in [5.41, 5.74) is 6.84. The summed E-state index contributed by atoms with van der Waals surface area (Å²) in [6, 6.07) is 4.79. The van der Waals surface area contributed by atoms with Gasteiger partial charge in [0.05, 0.1) is 11.0 Å². The molecule has 0 unspecified atom stereocenters. The van der Waals surface area contributed by atoms with E-state index in [1.807, 2.05) is 0 Å². The maximum Gasteiger partial charge on any atom is 0.240 e. The molecule has 0 radical (unpaired) electrons. The van der Waals surface area contributed by atoms with E-state index >= 15 is 0 Å². The molecule has 2 rings (SSSR count). The number of benzene rings is 1. The van der Waals surface area contributed by atoms with E-state index in [2.05, 4.69) is 4.72 Å². The SMILES string of the molecule is Cc1cc(N)ccc1S(=O)(=O)NCC1CCC(O)CC1. The van der Waals surface area contributed by atoms with Crippen LogP contribution in [0, 0.1) is 12.8 Å². The van der Waals surface area contributed by atoms with Gasteiger partial charge in [0, 0.05) is 12.2 Å². The second kappa shape index (κ2) is 6.11. The van der Waals surface area contributed by atoms with Crippen molar-refractivity contribution in [2.75, 3.05) is 12.3 Å². The van der Waals surface area contributed by atoms with Crippen molar-refractivity contribution >= 4 is 15.7 Å². The molecule has 1 saturated carbocycles. The summed E-state index contributed by atoms with van der Waals surface area (Å²) in [5, 5.41) is 9.44. The van der Waals surface area contributed by atoms with Crippen molar-refractivity contribution in [1.29, 1.82) is 0 Å². The second-order valence-corrected chi connectivity index (χ2v) is 7.29. The summed E-state index contributed by atoms with van der Waals surface area (Å²) in [7, 11) is -3.49. The lowest BCUT2D eigenvalue weighted by atomic mass is 9.88. The van der Waals surface area contributed by atoms with Gasteiger partial charge in [0.1, 0.15) is 0 Å². The summed E-state index contributed by atoms with van der Waals surface area (Å²) >= 11 is 0. The fraction of sp³-hybridized carbons (Fsp3) is 0.571. The zero-order valence-corrected chi connectivity index (χ0v) is 12.5. The summed E-state index contributed by atoms with van der Waals surface area (Å²) < 4.78 is 27.2. The molecule has 20 heavy (non-hydrogen) atoms. The van der Waals surface area contributed by atoms with Gasteiger partial charge in [0.15, 0.2) is 0 Å². The lowest BCUT2D eigenvalue weighted by molar-refractivity contribution is 0.109. The Bertz CT molecular complexity index is 564. The third-order valence-corrected chi connectivity index (χ3v) is 5.45. The number of hydrogen-bond donors (Lipinski definition) is 3. The van der Waals surface area contributed by atoms with Crippen molar-refractivity contribution in [3.8, 4) is 0 Å². The molecule has 0 aliphatic heterocycles. The highest BCUT2D eigenvalue weighted by Gasteiger charge is 2.22. The quantitative estimate of drug-likeness (QED) is 0.733. The number of nitrogens with two attached hydrogens (primary N) is 1. The van der Waals surface area contributed by atoms with Crippen molar-refractivity contribution in [3.05, 3.63) is 23.8 Å². The monoisotopic (exact) mass is 298 g/mol. The van der Waals surface area contributed by atoms with Crippen molar-refractivity contribution in [1.82, 2.24) is 4.72 Å². The number of rotatable bonds is 4. The van der Waals surface area contributed by atoms with E-state index in [4.69, 9.17) is 5.73 Å². The minimum atomic E-state index is -3.49. The number of hydrogen-bond acceptors (Lipinski definition) is 4. The Kier molecular flexibility index (Phi) is 4.67.